The molecule has 0 aliphatic carbocycles. The summed E-state index contributed by atoms with van der Waals surface area (Å²) < 4.78 is 40.4. The van der Waals surface area contributed by atoms with Crippen LogP contribution in [-0.2, 0) is 19.6 Å². The molecular formula is C13H17F3N6. The average molecular weight is 314 g/mol. The van der Waals surface area contributed by atoms with E-state index in [4.69, 9.17) is 0 Å². The molecule has 0 fully saturated rings. The van der Waals surface area contributed by atoms with Crippen molar-refractivity contribution in [1.82, 2.24) is 19.5 Å². The van der Waals surface area contributed by atoms with E-state index in [0.29, 0.717) is 13.0 Å². The molecule has 120 valence electrons. The van der Waals surface area contributed by atoms with Crippen molar-refractivity contribution in [2.75, 3.05) is 30.9 Å². The molecule has 0 saturated heterocycles. The minimum atomic E-state index is -4.51. The Kier molecular flexibility index (Phi) is 4.53. The maximum absolute atomic E-state index is 12.9. The molecule has 0 saturated carbocycles. The highest BCUT2D eigenvalue weighted by Crippen LogP contribution is 2.30. The Balaban J connectivity index is 2.12. The van der Waals surface area contributed by atoms with Crippen LogP contribution < -0.4 is 10.2 Å². The lowest BCUT2D eigenvalue weighted by Gasteiger charge is -2.16. The number of hydrogen-bond donors (Lipinski definition) is 1. The van der Waals surface area contributed by atoms with Crippen LogP contribution in [0.5, 0.6) is 0 Å². The van der Waals surface area contributed by atoms with Crippen molar-refractivity contribution >= 4 is 11.8 Å². The molecule has 6 nitrogen and oxygen atoms in total. The van der Waals surface area contributed by atoms with Crippen molar-refractivity contribution in [3.05, 3.63) is 30.0 Å². The highest BCUT2D eigenvalue weighted by molar-refractivity contribution is 5.44. The van der Waals surface area contributed by atoms with Crippen LogP contribution in [0, 0.1) is 0 Å². The van der Waals surface area contributed by atoms with Gasteiger partial charge in [0, 0.05) is 52.1 Å². The lowest BCUT2D eigenvalue weighted by molar-refractivity contribution is -0.141. The van der Waals surface area contributed by atoms with E-state index in [2.05, 4.69) is 20.3 Å². The van der Waals surface area contributed by atoms with E-state index in [0.717, 1.165) is 11.8 Å². The lowest BCUT2D eigenvalue weighted by atomic mass is 10.3. The molecule has 0 amide bonds. The van der Waals surface area contributed by atoms with E-state index < -0.39 is 11.9 Å². The Morgan fingerprint density at radius 2 is 2.00 bits per heavy atom. The largest absolute Gasteiger partial charge is 0.433 e. The summed E-state index contributed by atoms with van der Waals surface area (Å²) in [6.45, 7) is 0.410. The van der Waals surface area contributed by atoms with Gasteiger partial charge in [0.05, 0.1) is 6.33 Å². The second-order valence-corrected chi connectivity index (χ2v) is 5.00. The maximum Gasteiger partial charge on any atom is 0.433 e. The van der Waals surface area contributed by atoms with Gasteiger partial charge >= 0.3 is 6.18 Å². The molecule has 0 atom stereocenters. The van der Waals surface area contributed by atoms with Gasteiger partial charge in [-0.15, -0.1) is 0 Å². The van der Waals surface area contributed by atoms with Crippen LogP contribution in [-0.4, -0.2) is 40.2 Å². The summed E-state index contributed by atoms with van der Waals surface area (Å²) in [5.41, 5.74) is 0.00143. The SMILES string of the molecule is CN(C)c1cc(C(F)(F)F)nc(NCCc2cncn2C)n1. The summed E-state index contributed by atoms with van der Waals surface area (Å²) >= 11 is 0. The van der Waals surface area contributed by atoms with Crippen LogP contribution in [0.25, 0.3) is 0 Å². The number of aryl methyl sites for hydroxylation is 1. The fraction of sp³-hybridized carbons (Fsp3) is 0.462. The van der Waals surface area contributed by atoms with Gasteiger partial charge in [-0.1, -0.05) is 0 Å². The number of nitrogens with one attached hydrogen (secondary N) is 1. The molecule has 2 aromatic rings. The number of anilines is 2. The zero-order valence-electron chi connectivity index (χ0n) is 12.5. The van der Waals surface area contributed by atoms with Gasteiger partial charge in [0.2, 0.25) is 5.95 Å². The molecule has 9 heteroatoms. The molecule has 0 aliphatic heterocycles. The molecule has 22 heavy (non-hydrogen) atoms. The Hall–Kier alpha value is -2.32. The second kappa shape index (κ2) is 6.20. The topological polar surface area (TPSA) is 58.9 Å². The Bertz CT molecular complexity index is 635. The van der Waals surface area contributed by atoms with Gasteiger partial charge in [0.1, 0.15) is 5.82 Å². The summed E-state index contributed by atoms with van der Waals surface area (Å²) in [4.78, 5) is 13.1. The maximum atomic E-state index is 12.9. The summed E-state index contributed by atoms with van der Waals surface area (Å²) in [6.07, 6.45) is -0.528. The monoisotopic (exact) mass is 314 g/mol. The van der Waals surface area contributed by atoms with Crippen molar-refractivity contribution < 1.29 is 13.2 Å². The molecule has 0 aromatic carbocycles. The van der Waals surface area contributed by atoms with Gasteiger partial charge < -0.3 is 14.8 Å². The highest BCUT2D eigenvalue weighted by Gasteiger charge is 2.33. The summed E-state index contributed by atoms with van der Waals surface area (Å²) in [6, 6.07) is 0.923. The smallest absolute Gasteiger partial charge is 0.363 e. The Labute approximate surface area is 126 Å². The van der Waals surface area contributed by atoms with E-state index in [1.165, 1.54) is 4.90 Å². The average Bonchev–Trinajstić information content (AvgIpc) is 2.83. The van der Waals surface area contributed by atoms with Gasteiger partial charge in [0.25, 0.3) is 0 Å². The van der Waals surface area contributed by atoms with Gasteiger partial charge in [-0.3, -0.25) is 0 Å². The molecule has 0 bridgehead atoms. The normalized spacial score (nSPS) is 11.5. The molecule has 0 spiro atoms. The highest BCUT2D eigenvalue weighted by atomic mass is 19.4. The molecule has 1 N–H and O–H groups in total. The quantitative estimate of drug-likeness (QED) is 0.914. The third-order valence-corrected chi connectivity index (χ3v) is 3.04. The van der Waals surface area contributed by atoms with Gasteiger partial charge in [-0.25, -0.2) is 9.97 Å². The zero-order valence-corrected chi connectivity index (χ0v) is 12.5. The zero-order chi connectivity index (χ0) is 16.3. The molecular weight excluding hydrogens is 297 g/mol. The van der Waals surface area contributed by atoms with Crippen molar-refractivity contribution in [2.45, 2.75) is 12.6 Å². The Morgan fingerprint density at radius 1 is 1.27 bits per heavy atom. The van der Waals surface area contributed by atoms with Crippen molar-refractivity contribution in [3.63, 3.8) is 0 Å². The van der Waals surface area contributed by atoms with E-state index in [9.17, 15) is 13.2 Å². The van der Waals surface area contributed by atoms with E-state index in [1.54, 1.807) is 26.6 Å². The standard InChI is InChI=1S/C13H17F3N6/c1-21(2)11-6-10(13(14,15)16)19-12(20-11)18-5-4-9-7-17-8-22(9)3/h6-8H,4-5H2,1-3H3,(H,18,19,20). The number of rotatable bonds is 5. The van der Waals surface area contributed by atoms with Crippen LogP contribution in [0.15, 0.2) is 18.6 Å². The molecule has 0 unspecified atom stereocenters. The number of nitrogens with zero attached hydrogens (tertiary/aromatic N) is 5. The summed E-state index contributed by atoms with van der Waals surface area (Å²) in [5, 5.41) is 2.83. The molecule has 0 radical (unpaired) electrons. The van der Waals surface area contributed by atoms with Gasteiger partial charge in [-0.05, 0) is 0 Å². The summed E-state index contributed by atoms with van der Waals surface area (Å²) in [7, 11) is 5.11. The minimum Gasteiger partial charge on any atom is -0.363 e. The van der Waals surface area contributed by atoms with E-state index in [-0.39, 0.29) is 11.8 Å². The fourth-order valence-corrected chi connectivity index (χ4v) is 1.82. The first-order valence-electron chi connectivity index (χ1n) is 6.60. The van der Waals surface area contributed by atoms with Crippen molar-refractivity contribution in [1.29, 1.82) is 0 Å². The summed E-state index contributed by atoms with van der Waals surface area (Å²) in [5.74, 6) is 0.158. The van der Waals surface area contributed by atoms with Crippen molar-refractivity contribution in [3.8, 4) is 0 Å². The molecule has 2 rings (SSSR count). The van der Waals surface area contributed by atoms with Gasteiger partial charge in [0.15, 0.2) is 5.69 Å². The minimum absolute atomic E-state index is 0.0410. The Morgan fingerprint density at radius 3 is 2.55 bits per heavy atom. The molecule has 2 aromatic heterocycles. The number of halogens is 3. The first-order chi connectivity index (χ1) is 10.3. The van der Waals surface area contributed by atoms with Crippen molar-refractivity contribution in [2.24, 2.45) is 7.05 Å². The van der Waals surface area contributed by atoms with Crippen LogP contribution in [0.2, 0.25) is 0 Å². The van der Waals surface area contributed by atoms with Crippen LogP contribution >= 0.6 is 0 Å². The number of alkyl halides is 3. The van der Waals surface area contributed by atoms with E-state index >= 15 is 0 Å². The third-order valence-electron chi connectivity index (χ3n) is 3.04. The second-order valence-electron chi connectivity index (χ2n) is 5.00. The molecule has 0 aliphatic rings. The lowest BCUT2D eigenvalue weighted by Crippen LogP contribution is -2.18. The van der Waals surface area contributed by atoms with E-state index in [1.807, 2.05) is 11.6 Å². The number of aromatic nitrogens is 4. The van der Waals surface area contributed by atoms with Crippen LogP contribution in [0.1, 0.15) is 11.4 Å². The van der Waals surface area contributed by atoms with Crippen LogP contribution in [0.3, 0.4) is 0 Å². The number of hydrogen-bond acceptors (Lipinski definition) is 5. The molecule has 2 heterocycles. The predicted molar refractivity (Wildman–Crippen MR) is 76.8 cm³/mol. The fourth-order valence-electron chi connectivity index (χ4n) is 1.82. The number of imidazole rings is 1. The third kappa shape index (κ3) is 3.86. The first kappa shape index (κ1) is 16.1. The predicted octanol–water partition coefficient (Wildman–Crippen LogP) is 1.95. The van der Waals surface area contributed by atoms with Gasteiger partial charge in [-0.2, -0.15) is 18.2 Å². The van der Waals surface area contributed by atoms with Crippen LogP contribution in [0.4, 0.5) is 24.9 Å². The first-order valence-corrected chi connectivity index (χ1v) is 6.60.